The van der Waals surface area contributed by atoms with Gasteiger partial charge in [0.15, 0.2) is 5.15 Å². The van der Waals surface area contributed by atoms with Crippen LogP contribution in [-0.4, -0.2) is 39.0 Å². The van der Waals surface area contributed by atoms with Gasteiger partial charge in [-0.15, -0.1) is 0 Å². The van der Waals surface area contributed by atoms with Crippen LogP contribution < -0.4 is 5.56 Å². The molecule has 0 unspecified atom stereocenters. The molecule has 8 heteroatoms. The molecule has 100 valence electrons. The predicted molar refractivity (Wildman–Crippen MR) is 69.7 cm³/mol. The molecule has 3 heterocycles. The number of fused-ring (bicyclic) bond motifs is 1. The highest BCUT2D eigenvalue weighted by atomic mass is 35.5. The Morgan fingerprint density at radius 1 is 1.42 bits per heavy atom. The Morgan fingerprint density at radius 2 is 2.21 bits per heavy atom. The Hall–Kier alpha value is -1.21. The first-order valence-corrected chi connectivity index (χ1v) is 6.32. The molecule has 0 saturated carbocycles. The minimum absolute atomic E-state index is 0.0787. The number of nitrogens with zero attached hydrogens (tertiary/aromatic N) is 3. The number of ether oxygens (including phenoxy) is 1. The van der Waals surface area contributed by atoms with Crippen molar-refractivity contribution in [1.29, 1.82) is 0 Å². The van der Waals surface area contributed by atoms with Gasteiger partial charge in [-0.25, -0.2) is 9.97 Å². The van der Waals surface area contributed by atoms with E-state index in [4.69, 9.17) is 27.9 Å². The second kappa shape index (κ2) is 4.72. The molecule has 0 aromatic carbocycles. The largest absolute Gasteiger partial charge is 0.388 e. The molecule has 1 fully saturated rings. The van der Waals surface area contributed by atoms with E-state index in [2.05, 4.69) is 9.97 Å². The Bertz CT molecular complexity index is 703. The summed E-state index contributed by atoms with van der Waals surface area (Å²) in [5.74, 6) is 0. The van der Waals surface area contributed by atoms with E-state index in [0.29, 0.717) is 5.52 Å². The molecule has 1 aliphatic rings. The maximum Gasteiger partial charge on any atom is 0.261 e. The number of hydrogen-bond donors (Lipinski definition) is 1. The maximum atomic E-state index is 12.4. The average molecular weight is 302 g/mol. The van der Waals surface area contributed by atoms with Gasteiger partial charge in [-0.3, -0.25) is 9.36 Å². The molecule has 0 spiro atoms. The second-order valence-corrected chi connectivity index (χ2v) is 5.01. The van der Waals surface area contributed by atoms with E-state index in [1.165, 1.54) is 17.0 Å². The molecule has 2 aromatic rings. The molecule has 1 aliphatic heterocycles. The van der Waals surface area contributed by atoms with Gasteiger partial charge < -0.3 is 9.84 Å². The van der Waals surface area contributed by atoms with Gasteiger partial charge in [0, 0.05) is 0 Å². The molecule has 6 nitrogen and oxygen atoms in total. The van der Waals surface area contributed by atoms with Crippen molar-refractivity contribution >= 4 is 34.1 Å². The number of halogens is 2. The molecular formula is C11H9Cl2N3O3. The van der Waals surface area contributed by atoms with Crippen molar-refractivity contribution in [2.75, 3.05) is 13.2 Å². The molecule has 3 rings (SSSR count). The number of hydrogen-bond acceptors (Lipinski definition) is 5. The number of aliphatic hydroxyl groups is 1. The van der Waals surface area contributed by atoms with E-state index in [9.17, 15) is 9.90 Å². The Kier molecular flexibility index (Phi) is 3.18. The van der Waals surface area contributed by atoms with Gasteiger partial charge in [0.2, 0.25) is 0 Å². The number of rotatable bonds is 1. The number of pyridine rings is 1. The third kappa shape index (κ3) is 2.10. The third-order valence-corrected chi connectivity index (χ3v) is 3.53. The van der Waals surface area contributed by atoms with E-state index in [-0.39, 0.29) is 34.5 Å². The zero-order valence-electron chi connectivity index (χ0n) is 9.58. The van der Waals surface area contributed by atoms with Gasteiger partial charge in [-0.2, -0.15) is 0 Å². The topological polar surface area (TPSA) is 77.2 Å². The summed E-state index contributed by atoms with van der Waals surface area (Å²) in [7, 11) is 0. The fourth-order valence-electron chi connectivity index (χ4n) is 2.11. The zero-order chi connectivity index (χ0) is 13.6. The first-order chi connectivity index (χ1) is 9.08. The van der Waals surface area contributed by atoms with Crippen LogP contribution >= 0.6 is 23.2 Å². The van der Waals surface area contributed by atoms with E-state index in [0.717, 1.165) is 0 Å². The molecule has 2 atom stereocenters. The molecule has 0 bridgehead atoms. The smallest absolute Gasteiger partial charge is 0.261 e. The van der Waals surface area contributed by atoms with Crippen LogP contribution in [0.4, 0.5) is 0 Å². The van der Waals surface area contributed by atoms with Crippen LogP contribution in [0.2, 0.25) is 10.3 Å². The van der Waals surface area contributed by atoms with Crippen molar-refractivity contribution < 1.29 is 9.84 Å². The molecular weight excluding hydrogens is 293 g/mol. The van der Waals surface area contributed by atoms with Crippen molar-refractivity contribution in [2.24, 2.45) is 0 Å². The molecule has 0 amide bonds. The monoisotopic (exact) mass is 301 g/mol. The first-order valence-electron chi connectivity index (χ1n) is 5.56. The van der Waals surface area contributed by atoms with Crippen LogP contribution in [-0.2, 0) is 4.74 Å². The van der Waals surface area contributed by atoms with Crippen LogP contribution in [0.3, 0.4) is 0 Å². The molecule has 2 aromatic heterocycles. The Morgan fingerprint density at radius 3 is 2.89 bits per heavy atom. The molecule has 0 aliphatic carbocycles. The molecule has 0 radical (unpaired) electrons. The van der Waals surface area contributed by atoms with E-state index in [1.807, 2.05) is 0 Å². The van der Waals surface area contributed by atoms with Gasteiger partial charge >= 0.3 is 0 Å². The highest BCUT2D eigenvalue weighted by Gasteiger charge is 2.29. The number of aliphatic hydroxyl groups excluding tert-OH is 1. The van der Waals surface area contributed by atoms with Crippen LogP contribution in [0.25, 0.3) is 10.9 Å². The molecule has 19 heavy (non-hydrogen) atoms. The van der Waals surface area contributed by atoms with Crippen LogP contribution in [0.5, 0.6) is 0 Å². The summed E-state index contributed by atoms with van der Waals surface area (Å²) in [5.41, 5.74) is -0.0357. The standard InChI is InChI=1S/C11H9Cl2N3O3/c12-8-1-5-9(10(13)15-8)14-4-16(11(5)18)6-2-19-3-7(6)17/h1,4,6-7,17H,2-3H2/t6-,7-/m1/s1. The van der Waals surface area contributed by atoms with Crippen molar-refractivity contribution in [3.63, 3.8) is 0 Å². The van der Waals surface area contributed by atoms with Crippen LogP contribution in [0.1, 0.15) is 6.04 Å². The lowest BCUT2D eigenvalue weighted by molar-refractivity contribution is 0.119. The molecule has 1 saturated heterocycles. The summed E-state index contributed by atoms with van der Waals surface area (Å²) in [6.07, 6.45) is 0.610. The van der Waals surface area contributed by atoms with E-state index < -0.39 is 12.1 Å². The lowest BCUT2D eigenvalue weighted by Crippen LogP contribution is -2.31. The molecule has 1 N–H and O–H groups in total. The number of aromatic nitrogens is 3. The average Bonchev–Trinajstić information content (AvgIpc) is 2.77. The highest BCUT2D eigenvalue weighted by molar-refractivity contribution is 6.36. The van der Waals surface area contributed by atoms with Gasteiger partial charge in [-0.1, -0.05) is 23.2 Å². The fourth-order valence-corrected chi connectivity index (χ4v) is 2.59. The quantitative estimate of drug-likeness (QED) is 0.796. The lowest BCUT2D eigenvalue weighted by Gasteiger charge is -2.15. The zero-order valence-corrected chi connectivity index (χ0v) is 11.1. The van der Waals surface area contributed by atoms with Crippen molar-refractivity contribution in [3.05, 3.63) is 33.1 Å². The van der Waals surface area contributed by atoms with Gasteiger partial charge in [0.05, 0.1) is 31.0 Å². The minimum Gasteiger partial charge on any atom is -0.388 e. The summed E-state index contributed by atoms with van der Waals surface area (Å²) in [5, 5.41) is 10.2. The van der Waals surface area contributed by atoms with Crippen molar-refractivity contribution in [3.8, 4) is 0 Å². The normalized spacial score (nSPS) is 23.1. The van der Waals surface area contributed by atoms with Crippen molar-refractivity contribution in [1.82, 2.24) is 14.5 Å². The maximum absolute atomic E-state index is 12.4. The summed E-state index contributed by atoms with van der Waals surface area (Å²) in [6.45, 7) is 0.466. The lowest BCUT2D eigenvalue weighted by atomic mass is 10.2. The summed E-state index contributed by atoms with van der Waals surface area (Å²) in [6, 6.07) is 0.965. The summed E-state index contributed by atoms with van der Waals surface area (Å²) < 4.78 is 6.48. The van der Waals surface area contributed by atoms with E-state index >= 15 is 0 Å². The van der Waals surface area contributed by atoms with Gasteiger partial charge in [0.25, 0.3) is 5.56 Å². The van der Waals surface area contributed by atoms with E-state index in [1.54, 1.807) is 0 Å². The first kappa shape index (κ1) is 12.8. The van der Waals surface area contributed by atoms with Gasteiger partial charge in [0.1, 0.15) is 16.8 Å². The Balaban J connectivity index is 2.23. The van der Waals surface area contributed by atoms with Gasteiger partial charge in [-0.05, 0) is 6.07 Å². The van der Waals surface area contributed by atoms with Crippen LogP contribution in [0.15, 0.2) is 17.2 Å². The summed E-state index contributed by atoms with van der Waals surface area (Å²) >= 11 is 11.7. The highest BCUT2D eigenvalue weighted by Crippen LogP contribution is 2.22. The third-order valence-electron chi connectivity index (χ3n) is 3.07. The minimum atomic E-state index is -0.732. The van der Waals surface area contributed by atoms with Crippen LogP contribution in [0, 0.1) is 0 Å². The fraction of sp³-hybridized carbons (Fsp3) is 0.364. The Labute approximate surface area is 117 Å². The second-order valence-electron chi connectivity index (χ2n) is 4.26. The van der Waals surface area contributed by atoms with Crippen molar-refractivity contribution in [2.45, 2.75) is 12.1 Å². The predicted octanol–water partition coefficient (Wildman–Crippen LogP) is 1.03. The SMILES string of the molecule is O=c1c2cc(Cl)nc(Cl)c2ncn1[C@@H]1COC[C@H]1O. The summed E-state index contributed by atoms with van der Waals surface area (Å²) in [4.78, 5) is 20.3.